The highest BCUT2D eigenvalue weighted by molar-refractivity contribution is 7.84. The zero-order valence-corrected chi connectivity index (χ0v) is 13.6. The van der Waals surface area contributed by atoms with Crippen molar-refractivity contribution >= 4 is 10.8 Å². The van der Waals surface area contributed by atoms with Crippen LogP contribution in [0.25, 0.3) is 0 Å². The molecule has 2 unspecified atom stereocenters. The van der Waals surface area contributed by atoms with E-state index in [0.29, 0.717) is 5.75 Å². The summed E-state index contributed by atoms with van der Waals surface area (Å²) in [4.78, 5) is 0. The molecule has 0 aliphatic rings. The highest BCUT2D eigenvalue weighted by Gasteiger charge is 2.16. The van der Waals surface area contributed by atoms with E-state index in [0.717, 1.165) is 12.3 Å². The molecule has 0 spiro atoms. The summed E-state index contributed by atoms with van der Waals surface area (Å²) in [6.07, 6.45) is 0. The summed E-state index contributed by atoms with van der Waals surface area (Å²) in [5.41, 5.74) is 2.75. The fraction of sp³-hybridized carbons (Fsp3) is 0.625. The van der Waals surface area contributed by atoms with Gasteiger partial charge in [-0.3, -0.25) is 4.21 Å². The molecule has 3 heteroatoms. The van der Waals surface area contributed by atoms with E-state index in [4.69, 9.17) is 0 Å². The molecular formula is C16H27NOS. The molecule has 2 atom stereocenters. The van der Waals surface area contributed by atoms with Gasteiger partial charge in [-0.2, -0.15) is 0 Å². The molecule has 0 fully saturated rings. The number of rotatable bonds is 6. The SMILES string of the molecule is CCNC(CS(=O)CC)c1ccc(C(C)(C)C)cc1. The van der Waals surface area contributed by atoms with E-state index in [1.807, 2.05) is 6.92 Å². The molecule has 19 heavy (non-hydrogen) atoms. The third-order valence-corrected chi connectivity index (χ3v) is 4.65. The summed E-state index contributed by atoms with van der Waals surface area (Å²) >= 11 is 0. The normalized spacial score (nSPS) is 15.2. The molecule has 1 rings (SSSR count). The fourth-order valence-electron chi connectivity index (χ4n) is 2.04. The largest absolute Gasteiger partial charge is 0.309 e. The van der Waals surface area contributed by atoms with Gasteiger partial charge in [-0.25, -0.2) is 0 Å². The van der Waals surface area contributed by atoms with E-state index in [-0.39, 0.29) is 11.5 Å². The molecule has 1 N–H and O–H groups in total. The molecule has 0 bridgehead atoms. The van der Waals surface area contributed by atoms with Gasteiger partial charge in [-0.15, -0.1) is 0 Å². The zero-order valence-electron chi connectivity index (χ0n) is 12.8. The zero-order chi connectivity index (χ0) is 14.5. The molecule has 0 aliphatic carbocycles. The predicted octanol–water partition coefficient (Wildman–Crippen LogP) is 3.40. The van der Waals surface area contributed by atoms with Gasteiger partial charge < -0.3 is 5.32 Å². The van der Waals surface area contributed by atoms with Gasteiger partial charge in [0, 0.05) is 28.3 Å². The van der Waals surface area contributed by atoms with Crippen LogP contribution in [0.1, 0.15) is 51.8 Å². The summed E-state index contributed by atoms with van der Waals surface area (Å²) in [7, 11) is -0.744. The summed E-state index contributed by atoms with van der Waals surface area (Å²) in [5.74, 6) is 1.42. The standard InChI is InChI=1S/C16H27NOS/c1-6-17-15(12-19(18)7-2)13-8-10-14(11-9-13)16(3,4)5/h8-11,15,17H,6-7,12H2,1-5H3. The molecule has 0 saturated heterocycles. The lowest BCUT2D eigenvalue weighted by molar-refractivity contribution is 0.582. The lowest BCUT2D eigenvalue weighted by Crippen LogP contribution is -2.26. The summed E-state index contributed by atoms with van der Waals surface area (Å²) in [6.45, 7) is 11.6. The molecule has 108 valence electrons. The molecule has 0 aromatic heterocycles. The minimum Gasteiger partial charge on any atom is -0.309 e. The van der Waals surface area contributed by atoms with Crippen LogP contribution in [0.3, 0.4) is 0 Å². The van der Waals surface area contributed by atoms with Crippen LogP contribution in [0.2, 0.25) is 0 Å². The minimum atomic E-state index is -0.744. The quantitative estimate of drug-likeness (QED) is 0.866. The van der Waals surface area contributed by atoms with Gasteiger partial charge in [0.05, 0.1) is 0 Å². The highest BCUT2D eigenvalue weighted by Crippen LogP contribution is 2.24. The molecule has 0 radical (unpaired) electrons. The Morgan fingerprint density at radius 2 is 1.74 bits per heavy atom. The Bertz CT molecular complexity index is 406. The van der Waals surface area contributed by atoms with Gasteiger partial charge in [-0.1, -0.05) is 58.9 Å². The van der Waals surface area contributed by atoms with Crippen LogP contribution in [0.4, 0.5) is 0 Å². The second kappa shape index (κ2) is 7.20. The topological polar surface area (TPSA) is 29.1 Å². The Morgan fingerprint density at radius 3 is 2.16 bits per heavy atom. The van der Waals surface area contributed by atoms with Crippen LogP contribution in [0.5, 0.6) is 0 Å². The first kappa shape index (κ1) is 16.4. The van der Waals surface area contributed by atoms with Gasteiger partial charge >= 0.3 is 0 Å². The third-order valence-electron chi connectivity index (χ3n) is 3.30. The first-order chi connectivity index (χ1) is 8.88. The van der Waals surface area contributed by atoms with Crippen LogP contribution >= 0.6 is 0 Å². The Morgan fingerprint density at radius 1 is 1.16 bits per heavy atom. The van der Waals surface area contributed by atoms with Crippen molar-refractivity contribution in [2.45, 2.75) is 46.1 Å². The first-order valence-corrected chi connectivity index (χ1v) is 8.56. The van der Waals surface area contributed by atoms with Crippen LogP contribution < -0.4 is 5.32 Å². The van der Waals surface area contributed by atoms with E-state index in [9.17, 15) is 4.21 Å². The Hall–Kier alpha value is -0.670. The van der Waals surface area contributed by atoms with Crippen molar-refractivity contribution in [1.82, 2.24) is 5.32 Å². The molecule has 0 saturated carbocycles. The van der Waals surface area contributed by atoms with Gasteiger partial charge in [0.1, 0.15) is 0 Å². The van der Waals surface area contributed by atoms with Crippen LogP contribution in [-0.4, -0.2) is 22.3 Å². The average molecular weight is 281 g/mol. The minimum absolute atomic E-state index is 0.179. The Kier molecular flexibility index (Phi) is 6.21. The van der Waals surface area contributed by atoms with Gasteiger partial charge in [0.25, 0.3) is 0 Å². The second-order valence-corrected chi connectivity index (χ2v) is 7.67. The summed E-state index contributed by atoms with van der Waals surface area (Å²) in [6, 6.07) is 8.91. The molecule has 0 amide bonds. The van der Waals surface area contributed by atoms with E-state index in [1.54, 1.807) is 0 Å². The Balaban J connectivity index is 2.88. The molecule has 0 aliphatic heterocycles. The maximum absolute atomic E-state index is 11.8. The Labute approximate surface area is 120 Å². The van der Waals surface area contributed by atoms with Crippen molar-refractivity contribution in [3.8, 4) is 0 Å². The smallest absolute Gasteiger partial charge is 0.0436 e. The van der Waals surface area contributed by atoms with Crippen molar-refractivity contribution in [2.24, 2.45) is 0 Å². The lowest BCUT2D eigenvalue weighted by atomic mass is 9.86. The van der Waals surface area contributed by atoms with Crippen molar-refractivity contribution in [2.75, 3.05) is 18.1 Å². The highest BCUT2D eigenvalue weighted by atomic mass is 32.2. The monoisotopic (exact) mass is 281 g/mol. The first-order valence-electron chi connectivity index (χ1n) is 7.07. The molecule has 1 aromatic rings. The van der Waals surface area contributed by atoms with E-state index < -0.39 is 10.8 Å². The van der Waals surface area contributed by atoms with E-state index in [1.165, 1.54) is 11.1 Å². The van der Waals surface area contributed by atoms with Crippen molar-refractivity contribution in [3.63, 3.8) is 0 Å². The van der Waals surface area contributed by atoms with Crippen molar-refractivity contribution in [1.29, 1.82) is 0 Å². The number of benzene rings is 1. The van der Waals surface area contributed by atoms with Crippen molar-refractivity contribution < 1.29 is 4.21 Å². The second-order valence-electron chi connectivity index (χ2n) is 5.88. The van der Waals surface area contributed by atoms with E-state index >= 15 is 0 Å². The molecule has 1 aromatic carbocycles. The van der Waals surface area contributed by atoms with Crippen molar-refractivity contribution in [3.05, 3.63) is 35.4 Å². The fourth-order valence-corrected chi connectivity index (χ4v) is 2.96. The maximum Gasteiger partial charge on any atom is 0.0436 e. The maximum atomic E-state index is 11.8. The van der Waals surface area contributed by atoms with E-state index in [2.05, 4.69) is 57.3 Å². The number of hydrogen-bond acceptors (Lipinski definition) is 2. The summed E-state index contributed by atoms with van der Waals surface area (Å²) < 4.78 is 11.8. The number of hydrogen-bond donors (Lipinski definition) is 1. The lowest BCUT2D eigenvalue weighted by Gasteiger charge is -2.22. The molecule has 2 nitrogen and oxygen atoms in total. The molecule has 0 heterocycles. The third kappa shape index (κ3) is 5.07. The van der Waals surface area contributed by atoms with Crippen LogP contribution in [-0.2, 0) is 16.2 Å². The van der Waals surface area contributed by atoms with Crippen LogP contribution in [0.15, 0.2) is 24.3 Å². The van der Waals surface area contributed by atoms with Gasteiger partial charge in [0.2, 0.25) is 0 Å². The predicted molar refractivity (Wildman–Crippen MR) is 85.1 cm³/mol. The van der Waals surface area contributed by atoms with Crippen LogP contribution in [0, 0.1) is 0 Å². The number of nitrogens with one attached hydrogen (secondary N) is 1. The van der Waals surface area contributed by atoms with Gasteiger partial charge in [-0.05, 0) is 23.1 Å². The molecular weight excluding hydrogens is 254 g/mol. The average Bonchev–Trinajstić information content (AvgIpc) is 2.37. The van der Waals surface area contributed by atoms with Gasteiger partial charge in [0.15, 0.2) is 0 Å². The summed E-state index contributed by atoms with van der Waals surface area (Å²) in [5, 5.41) is 3.43.